The van der Waals surface area contributed by atoms with Gasteiger partial charge in [-0.25, -0.2) is 0 Å². The van der Waals surface area contributed by atoms with Crippen molar-refractivity contribution in [3.63, 3.8) is 0 Å². The van der Waals surface area contributed by atoms with Crippen LogP contribution in [0.1, 0.15) is 45.7 Å². The summed E-state index contributed by atoms with van der Waals surface area (Å²) in [5.41, 5.74) is 14.1. The summed E-state index contributed by atoms with van der Waals surface area (Å²) < 4.78 is 2.41. The Balaban J connectivity index is 0.00000147. The van der Waals surface area contributed by atoms with Crippen LogP contribution in [0.2, 0.25) is 0 Å². The average Bonchev–Trinajstić information content (AvgIpc) is 3.65. The number of amidine groups is 1. The molecule has 5 heteroatoms. The molecule has 0 saturated carbocycles. The van der Waals surface area contributed by atoms with Gasteiger partial charge in [0.25, 0.3) is 0 Å². The molecule has 5 nitrogen and oxygen atoms in total. The highest BCUT2D eigenvalue weighted by Crippen LogP contribution is 2.44. The van der Waals surface area contributed by atoms with E-state index < -0.39 is 0 Å². The van der Waals surface area contributed by atoms with Crippen molar-refractivity contribution < 1.29 is 0 Å². The molecular formula is C55H55N5. The van der Waals surface area contributed by atoms with E-state index in [1.165, 1.54) is 33.8 Å². The van der Waals surface area contributed by atoms with Gasteiger partial charge in [0.1, 0.15) is 5.84 Å². The van der Waals surface area contributed by atoms with E-state index in [-0.39, 0.29) is 0 Å². The molecule has 8 rings (SSSR count). The van der Waals surface area contributed by atoms with Gasteiger partial charge in [0, 0.05) is 57.9 Å². The molecule has 0 aliphatic rings. The lowest BCUT2D eigenvalue weighted by Crippen LogP contribution is -2.17. The van der Waals surface area contributed by atoms with Gasteiger partial charge in [-0.1, -0.05) is 137 Å². The number of hydrogen-bond acceptors (Lipinski definition) is 3. The van der Waals surface area contributed by atoms with E-state index in [1.807, 2.05) is 60.0 Å². The quantitative estimate of drug-likeness (QED) is 0.0695. The van der Waals surface area contributed by atoms with Crippen molar-refractivity contribution in [2.75, 3.05) is 11.9 Å². The van der Waals surface area contributed by atoms with Gasteiger partial charge in [0.05, 0.1) is 11.0 Å². The summed E-state index contributed by atoms with van der Waals surface area (Å²) in [6, 6.07) is 60.3. The molecule has 0 atom stereocenters. The third-order valence-electron chi connectivity index (χ3n) is 10.1. The Kier molecular flexibility index (Phi) is 14.3. The Bertz CT molecular complexity index is 2710. The lowest BCUT2D eigenvalue weighted by molar-refractivity contribution is 1.11. The molecule has 3 N–H and O–H groups in total. The van der Waals surface area contributed by atoms with Crippen LogP contribution in [-0.2, 0) is 0 Å². The predicted octanol–water partition coefficient (Wildman–Crippen LogP) is 14.8. The predicted molar refractivity (Wildman–Crippen MR) is 261 cm³/mol. The smallest absolute Gasteiger partial charge is 0.129 e. The minimum Gasteiger partial charge on any atom is -0.393 e. The van der Waals surface area contributed by atoms with E-state index in [0.29, 0.717) is 5.84 Å². The number of hydrogen-bond donors (Lipinski definition) is 3. The Hall–Kier alpha value is -7.37. The summed E-state index contributed by atoms with van der Waals surface area (Å²) in [7, 11) is 1.92. The van der Waals surface area contributed by atoms with E-state index in [9.17, 15) is 0 Å². The largest absolute Gasteiger partial charge is 0.393 e. The molecule has 0 radical (unpaired) electrons. The minimum atomic E-state index is 0.300. The van der Waals surface area contributed by atoms with Crippen molar-refractivity contribution in [3.8, 4) is 27.9 Å². The van der Waals surface area contributed by atoms with Crippen LogP contribution in [0.25, 0.3) is 55.3 Å². The zero-order valence-electron chi connectivity index (χ0n) is 35.6. The maximum atomic E-state index is 8.45. The fourth-order valence-electron chi connectivity index (χ4n) is 7.53. The van der Waals surface area contributed by atoms with Crippen LogP contribution >= 0.6 is 0 Å². The van der Waals surface area contributed by atoms with Crippen molar-refractivity contribution in [2.45, 2.75) is 34.6 Å². The Labute approximate surface area is 356 Å². The van der Waals surface area contributed by atoms with E-state index in [1.54, 1.807) is 0 Å². The third-order valence-corrected chi connectivity index (χ3v) is 10.1. The van der Waals surface area contributed by atoms with Crippen molar-refractivity contribution in [2.24, 2.45) is 0 Å². The number of nitrogens with zero attached hydrogens (tertiary/aromatic N) is 2. The number of benzene rings is 7. The fraction of sp³-hybridized carbons (Fsp3) is 0.109. The third kappa shape index (κ3) is 8.86. The molecule has 0 bridgehead atoms. The molecule has 0 unspecified atom stereocenters. The van der Waals surface area contributed by atoms with Gasteiger partial charge < -0.3 is 20.1 Å². The van der Waals surface area contributed by atoms with Crippen LogP contribution in [0, 0.1) is 5.41 Å². The first-order chi connectivity index (χ1) is 29.6. The zero-order valence-corrected chi connectivity index (χ0v) is 35.6. The number of anilines is 3. The fourth-order valence-corrected chi connectivity index (χ4v) is 7.53. The molecule has 7 aromatic carbocycles. The maximum Gasteiger partial charge on any atom is 0.129 e. The highest BCUT2D eigenvalue weighted by Gasteiger charge is 2.21. The molecule has 60 heavy (non-hydrogen) atoms. The molecule has 0 spiro atoms. The topological polar surface area (TPSA) is 56.1 Å². The van der Waals surface area contributed by atoms with E-state index >= 15 is 0 Å². The number of allylic oxidation sites excluding steroid dienone is 3. The molecule has 0 saturated heterocycles. The van der Waals surface area contributed by atoms with Crippen LogP contribution < -0.4 is 15.5 Å². The van der Waals surface area contributed by atoms with Gasteiger partial charge in [-0.15, -0.1) is 0 Å². The molecule has 1 aromatic heterocycles. The van der Waals surface area contributed by atoms with Crippen LogP contribution in [-0.4, -0.2) is 17.5 Å². The lowest BCUT2D eigenvalue weighted by atomic mass is 9.95. The van der Waals surface area contributed by atoms with Crippen LogP contribution in [0.15, 0.2) is 201 Å². The molecule has 8 aromatic rings. The van der Waals surface area contributed by atoms with Gasteiger partial charge in [0.2, 0.25) is 0 Å². The van der Waals surface area contributed by atoms with E-state index in [4.69, 9.17) is 5.41 Å². The average molecular weight is 786 g/mol. The molecule has 300 valence electrons. The summed E-state index contributed by atoms with van der Waals surface area (Å²) in [5, 5.41) is 16.9. The summed E-state index contributed by atoms with van der Waals surface area (Å²) in [4.78, 5) is 2.29. The summed E-state index contributed by atoms with van der Waals surface area (Å²) in [6.45, 7) is 13.8. The highest BCUT2D eigenvalue weighted by atomic mass is 15.1. The molecule has 1 heterocycles. The monoisotopic (exact) mass is 785 g/mol. The van der Waals surface area contributed by atoms with Crippen molar-refractivity contribution in [1.82, 2.24) is 15.2 Å². The van der Waals surface area contributed by atoms with Crippen LogP contribution in [0.4, 0.5) is 17.1 Å². The van der Waals surface area contributed by atoms with Gasteiger partial charge in [-0.2, -0.15) is 0 Å². The molecule has 0 fully saturated rings. The minimum absolute atomic E-state index is 0.300. The zero-order chi connectivity index (χ0) is 42.4. The number of nitrogens with one attached hydrogen (secondary N) is 3. The normalized spacial score (nSPS) is 11.0. The van der Waals surface area contributed by atoms with Gasteiger partial charge in [-0.05, 0) is 120 Å². The summed E-state index contributed by atoms with van der Waals surface area (Å²) in [6.07, 6.45) is 7.71. The SMILES string of the molecule is C=CNC(=N)c1ccc(N(c2ccc(C(/C=C\C)=C/NC)cc2)c2ccc3c(c2)c2cc(-c4ccccc4)cc(-c4ccccc4)c2n3-c2ccccc2)cc1.CC.CC. The van der Waals surface area contributed by atoms with Gasteiger partial charge >= 0.3 is 0 Å². The highest BCUT2D eigenvalue weighted by molar-refractivity contribution is 6.16. The Morgan fingerprint density at radius 2 is 1.15 bits per heavy atom. The van der Waals surface area contributed by atoms with Crippen molar-refractivity contribution >= 4 is 50.3 Å². The first-order valence-electron chi connectivity index (χ1n) is 20.8. The number of rotatable bonds is 11. The van der Waals surface area contributed by atoms with Gasteiger partial charge in [-0.3, -0.25) is 5.41 Å². The van der Waals surface area contributed by atoms with E-state index in [0.717, 1.165) is 55.9 Å². The van der Waals surface area contributed by atoms with Crippen LogP contribution in [0.5, 0.6) is 0 Å². The standard InChI is InChI=1S/C51H43N5.2C2H6/c1-4-15-40(35-53-3)37-22-26-43(27-23-37)55(44-28-24-39(25-29-44)51(52)54-5-2)45-30-31-49-47(34-45)48-33-41(36-16-9-6-10-17-36)32-46(38-18-11-7-12-19-38)50(48)56(49)42-20-13-8-14-21-42;2*1-2/h4-35,53H,2H2,1,3H3,(H2,52,54);2*1-2H3/b15-4-,40-35+;;. The molecule has 0 aliphatic carbocycles. The van der Waals surface area contributed by atoms with Crippen molar-refractivity contribution in [1.29, 1.82) is 5.41 Å². The molecule has 0 amide bonds. The second-order valence-electron chi connectivity index (χ2n) is 13.6. The maximum absolute atomic E-state index is 8.45. The first kappa shape index (κ1) is 42.2. The Morgan fingerprint density at radius 3 is 1.72 bits per heavy atom. The second kappa shape index (κ2) is 20.4. The number of para-hydroxylation sites is 1. The number of fused-ring (bicyclic) bond motifs is 3. The van der Waals surface area contributed by atoms with Gasteiger partial charge in [0.15, 0.2) is 0 Å². The Morgan fingerprint density at radius 1 is 0.600 bits per heavy atom. The number of aromatic nitrogens is 1. The van der Waals surface area contributed by atoms with Crippen LogP contribution in [0.3, 0.4) is 0 Å². The molecular weight excluding hydrogens is 731 g/mol. The summed E-state index contributed by atoms with van der Waals surface area (Å²) in [5.74, 6) is 0.300. The summed E-state index contributed by atoms with van der Waals surface area (Å²) >= 11 is 0. The first-order valence-corrected chi connectivity index (χ1v) is 20.8. The molecule has 0 aliphatic heterocycles. The van der Waals surface area contributed by atoms with E-state index in [2.05, 4.69) is 197 Å². The van der Waals surface area contributed by atoms with Crippen molar-refractivity contribution in [3.05, 3.63) is 212 Å². The lowest BCUT2D eigenvalue weighted by Gasteiger charge is -2.26. The second-order valence-corrected chi connectivity index (χ2v) is 13.6.